The van der Waals surface area contributed by atoms with Crippen molar-refractivity contribution in [1.82, 2.24) is 4.98 Å². The highest BCUT2D eigenvalue weighted by Gasteiger charge is 2.37. The fraction of sp³-hybridized carbons (Fsp3) is 0.143. The Morgan fingerprint density at radius 3 is 2.08 bits per heavy atom. The number of nitrogens with zero attached hydrogens (tertiary/aromatic N) is 3. The van der Waals surface area contributed by atoms with Crippen molar-refractivity contribution >= 4 is 33.0 Å². The smallest absolute Gasteiger partial charge is 0.164 e. The van der Waals surface area contributed by atoms with E-state index in [1.807, 2.05) is 18.2 Å². The monoisotopic (exact) mass is 389 g/mol. The van der Waals surface area contributed by atoms with Gasteiger partial charge in [0, 0.05) is 16.1 Å². The van der Waals surface area contributed by atoms with Crippen LogP contribution in [0.25, 0.3) is 0 Å². The van der Waals surface area contributed by atoms with Crippen LogP contribution in [-0.2, 0) is 5.41 Å². The van der Waals surface area contributed by atoms with Crippen LogP contribution in [0, 0.1) is 11.3 Å². The minimum atomic E-state index is -0.115. The molecule has 0 amide bonds. The molecule has 122 valence electrons. The van der Waals surface area contributed by atoms with Crippen molar-refractivity contribution in [3.8, 4) is 6.07 Å². The summed E-state index contributed by atoms with van der Waals surface area (Å²) in [5, 5.41) is 9.58. The molecular formula is C21H16BrN3. The van der Waals surface area contributed by atoms with E-state index in [4.69, 9.17) is 0 Å². The number of pyridine rings is 1. The predicted molar refractivity (Wildman–Crippen MR) is 103 cm³/mol. The van der Waals surface area contributed by atoms with Gasteiger partial charge in [-0.05, 0) is 45.3 Å². The second kappa shape index (κ2) is 5.72. The fourth-order valence-electron chi connectivity index (χ4n) is 3.61. The standard InChI is InChI=1S/C21H16BrN3/c1-21(2)15-7-3-5-9-18(15)25(19-10-6-4-8-16(19)21)20-11-14(22)13-24-17(20)12-23/h3-11,13H,1-2H3. The lowest BCUT2D eigenvalue weighted by Gasteiger charge is -2.42. The molecule has 1 aliphatic rings. The molecule has 0 unspecified atom stereocenters. The van der Waals surface area contributed by atoms with Crippen LogP contribution in [0.1, 0.15) is 30.7 Å². The summed E-state index contributed by atoms with van der Waals surface area (Å²) >= 11 is 3.50. The number of nitriles is 1. The number of para-hydroxylation sites is 2. The second-order valence-corrected chi connectivity index (χ2v) is 7.54. The second-order valence-electron chi connectivity index (χ2n) is 6.63. The SMILES string of the molecule is CC1(C)c2ccccc2N(c2cc(Br)cnc2C#N)c2ccccc21. The van der Waals surface area contributed by atoms with E-state index in [-0.39, 0.29) is 5.41 Å². The van der Waals surface area contributed by atoms with Crippen LogP contribution >= 0.6 is 15.9 Å². The summed E-state index contributed by atoms with van der Waals surface area (Å²) in [5.74, 6) is 0. The zero-order valence-corrected chi connectivity index (χ0v) is 15.6. The molecule has 0 radical (unpaired) electrons. The Bertz CT molecular complexity index is 968. The summed E-state index contributed by atoms with van der Waals surface area (Å²) in [5.41, 5.74) is 5.72. The molecule has 0 bridgehead atoms. The molecule has 0 atom stereocenters. The lowest BCUT2D eigenvalue weighted by Crippen LogP contribution is -2.30. The molecule has 1 aliphatic heterocycles. The van der Waals surface area contributed by atoms with E-state index in [0.29, 0.717) is 5.69 Å². The van der Waals surface area contributed by atoms with E-state index in [1.54, 1.807) is 6.20 Å². The normalized spacial score (nSPS) is 14.4. The van der Waals surface area contributed by atoms with Crippen molar-refractivity contribution in [2.24, 2.45) is 0 Å². The first-order valence-electron chi connectivity index (χ1n) is 8.09. The van der Waals surface area contributed by atoms with Gasteiger partial charge in [-0.25, -0.2) is 4.98 Å². The highest BCUT2D eigenvalue weighted by atomic mass is 79.9. The molecule has 0 saturated carbocycles. The van der Waals surface area contributed by atoms with Crippen molar-refractivity contribution < 1.29 is 0 Å². The van der Waals surface area contributed by atoms with Gasteiger partial charge in [0.2, 0.25) is 0 Å². The quantitative estimate of drug-likeness (QED) is 0.525. The van der Waals surface area contributed by atoms with Crippen LogP contribution in [0.4, 0.5) is 17.1 Å². The van der Waals surface area contributed by atoms with Crippen LogP contribution < -0.4 is 4.90 Å². The first kappa shape index (κ1) is 15.9. The van der Waals surface area contributed by atoms with Gasteiger partial charge in [0.15, 0.2) is 5.69 Å². The predicted octanol–water partition coefficient (Wildman–Crippen LogP) is 5.82. The first-order valence-corrected chi connectivity index (χ1v) is 8.88. The number of benzene rings is 2. The maximum absolute atomic E-state index is 9.58. The number of hydrogen-bond donors (Lipinski definition) is 0. The summed E-state index contributed by atoms with van der Waals surface area (Å²) in [6.45, 7) is 4.48. The molecule has 3 nitrogen and oxygen atoms in total. The third-order valence-corrected chi connectivity index (χ3v) is 5.25. The van der Waals surface area contributed by atoms with E-state index in [2.05, 4.69) is 82.1 Å². The molecule has 0 fully saturated rings. The van der Waals surface area contributed by atoms with Gasteiger partial charge in [-0.15, -0.1) is 0 Å². The van der Waals surface area contributed by atoms with Crippen LogP contribution in [0.3, 0.4) is 0 Å². The van der Waals surface area contributed by atoms with Crippen LogP contribution in [0.15, 0.2) is 65.3 Å². The van der Waals surface area contributed by atoms with Crippen molar-refractivity contribution in [1.29, 1.82) is 5.26 Å². The Labute approximate surface area is 155 Å². The van der Waals surface area contributed by atoms with Gasteiger partial charge in [0.25, 0.3) is 0 Å². The average Bonchev–Trinajstić information content (AvgIpc) is 2.62. The van der Waals surface area contributed by atoms with E-state index < -0.39 is 0 Å². The van der Waals surface area contributed by atoms with Crippen LogP contribution in [0.5, 0.6) is 0 Å². The number of anilines is 3. The number of halogens is 1. The number of aromatic nitrogens is 1. The molecule has 0 spiro atoms. The minimum absolute atomic E-state index is 0.115. The van der Waals surface area contributed by atoms with E-state index in [1.165, 1.54) is 11.1 Å². The van der Waals surface area contributed by atoms with E-state index >= 15 is 0 Å². The van der Waals surface area contributed by atoms with Crippen molar-refractivity contribution in [2.75, 3.05) is 4.90 Å². The van der Waals surface area contributed by atoms with Gasteiger partial charge in [-0.2, -0.15) is 5.26 Å². The number of hydrogen-bond acceptors (Lipinski definition) is 3. The molecule has 0 N–H and O–H groups in total. The van der Waals surface area contributed by atoms with Crippen molar-refractivity contribution in [3.63, 3.8) is 0 Å². The third kappa shape index (κ3) is 2.35. The zero-order chi connectivity index (χ0) is 17.6. The van der Waals surface area contributed by atoms with Gasteiger partial charge in [0.05, 0.1) is 17.1 Å². The van der Waals surface area contributed by atoms with Gasteiger partial charge in [-0.1, -0.05) is 50.2 Å². The Morgan fingerprint density at radius 2 is 1.52 bits per heavy atom. The maximum Gasteiger partial charge on any atom is 0.164 e. The van der Waals surface area contributed by atoms with Crippen LogP contribution in [0.2, 0.25) is 0 Å². The molecule has 25 heavy (non-hydrogen) atoms. The minimum Gasteiger partial charge on any atom is -0.307 e. The Balaban J connectivity index is 2.09. The highest BCUT2D eigenvalue weighted by molar-refractivity contribution is 9.10. The maximum atomic E-state index is 9.58. The lowest BCUT2D eigenvalue weighted by molar-refractivity contribution is 0.632. The molecule has 4 rings (SSSR count). The van der Waals surface area contributed by atoms with Crippen LogP contribution in [-0.4, -0.2) is 4.98 Å². The van der Waals surface area contributed by atoms with E-state index in [9.17, 15) is 5.26 Å². The van der Waals surface area contributed by atoms with Gasteiger partial charge in [-0.3, -0.25) is 0 Å². The van der Waals surface area contributed by atoms with Crippen molar-refractivity contribution in [3.05, 3.63) is 82.1 Å². The molecule has 0 aliphatic carbocycles. The van der Waals surface area contributed by atoms with Crippen molar-refractivity contribution in [2.45, 2.75) is 19.3 Å². The summed E-state index contributed by atoms with van der Waals surface area (Å²) in [4.78, 5) is 6.45. The Morgan fingerprint density at radius 1 is 0.960 bits per heavy atom. The molecular weight excluding hydrogens is 374 g/mol. The fourth-order valence-corrected chi connectivity index (χ4v) is 3.93. The molecule has 2 aromatic carbocycles. The highest BCUT2D eigenvalue weighted by Crippen LogP contribution is 2.52. The third-order valence-electron chi connectivity index (χ3n) is 4.82. The first-order chi connectivity index (χ1) is 12.0. The lowest BCUT2D eigenvalue weighted by atomic mass is 9.73. The Hall–Kier alpha value is -2.64. The molecule has 4 heteroatoms. The summed E-state index contributed by atoms with van der Waals surface area (Å²) in [6, 6.07) is 20.9. The molecule has 3 aromatic rings. The number of rotatable bonds is 1. The largest absolute Gasteiger partial charge is 0.307 e. The summed E-state index contributed by atoms with van der Waals surface area (Å²) in [6.07, 6.45) is 1.66. The molecule has 2 heterocycles. The number of fused-ring (bicyclic) bond motifs is 2. The molecule has 0 saturated heterocycles. The van der Waals surface area contributed by atoms with Gasteiger partial charge in [0.1, 0.15) is 6.07 Å². The van der Waals surface area contributed by atoms with Gasteiger partial charge >= 0.3 is 0 Å². The topological polar surface area (TPSA) is 39.9 Å². The Kier molecular flexibility index (Phi) is 3.63. The van der Waals surface area contributed by atoms with Gasteiger partial charge < -0.3 is 4.90 Å². The molecule has 1 aromatic heterocycles. The summed E-state index contributed by atoms with van der Waals surface area (Å²) < 4.78 is 0.848. The summed E-state index contributed by atoms with van der Waals surface area (Å²) in [7, 11) is 0. The zero-order valence-electron chi connectivity index (χ0n) is 14.0. The average molecular weight is 390 g/mol. The van der Waals surface area contributed by atoms with E-state index in [0.717, 1.165) is 21.5 Å².